The van der Waals surface area contributed by atoms with Crippen LogP contribution in [0.15, 0.2) is 30.3 Å². The number of amides is 2. The van der Waals surface area contributed by atoms with Crippen molar-refractivity contribution in [3.63, 3.8) is 0 Å². The number of Topliss-reactive ketones (excluding diaryl/α,β-unsaturated/α-hetero) is 1. The zero-order chi connectivity index (χ0) is 16.0. The summed E-state index contributed by atoms with van der Waals surface area (Å²) in [6, 6.07) is 9.10. The Bertz CT molecular complexity index is 526. The number of hydrogen-bond acceptors (Lipinski definition) is 3. The third-order valence-corrected chi connectivity index (χ3v) is 3.75. The molecule has 1 unspecified atom stereocenters. The van der Waals surface area contributed by atoms with E-state index in [1.807, 2.05) is 30.3 Å². The van der Waals surface area contributed by atoms with E-state index in [1.54, 1.807) is 14.1 Å². The second-order valence-electron chi connectivity index (χ2n) is 5.44. The fraction of sp³-hybridized carbons (Fsp3) is 0.438. The predicted octanol–water partition coefficient (Wildman–Crippen LogP) is 1.26. The highest BCUT2D eigenvalue weighted by atomic mass is 16.2. The Balaban J connectivity index is 3.25. The van der Waals surface area contributed by atoms with Crippen molar-refractivity contribution in [1.82, 2.24) is 4.90 Å². The molecule has 0 fully saturated rings. The summed E-state index contributed by atoms with van der Waals surface area (Å²) in [6.07, 6.45) is 0.336. The van der Waals surface area contributed by atoms with Gasteiger partial charge in [0.2, 0.25) is 11.8 Å². The van der Waals surface area contributed by atoms with Gasteiger partial charge in [-0.1, -0.05) is 30.3 Å². The number of rotatable bonds is 7. The number of carbonyl (C=O) groups is 3. The van der Waals surface area contributed by atoms with Crippen LogP contribution in [0.2, 0.25) is 0 Å². The van der Waals surface area contributed by atoms with E-state index in [4.69, 9.17) is 5.73 Å². The van der Waals surface area contributed by atoms with E-state index >= 15 is 0 Å². The van der Waals surface area contributed by atoms with Crippen molar-refractivity contribution < 1.29 is 14.4 Å². The minimum Gasteiger partial charge on any atom is -0.370 e. The molecule has 0 saturated heterocycles. The maximum Gasteiger partial charge on any atom is 0.223 e. The van der Waals surface area contributed by atoms with Crippen LogP contribution < -0.4 is 5.73 Å². The third-order valence-electron chi connectivity index (χ3n) is 3.75. The molecule has 5 nitrogen and oxygen atoms in total. The highest BCUT2D eigenvalue weighted by Crippen LogP contribution is 2.34. The van der Waals surface area contributed by atoms with Crippen LogP contribution in [0, 0.1) is 0 Å². The lowest BCUT2D eigenvalue weighted by Gasteiger charge is -2.32. The van der Waals surface area contributed by atoms with Gasteiger partial charge >= 0.3 is 0 Å². The molecule has 0 bridgehead atoms. The minimum atomic E-state index is -1.00. The van der Waals surface area contributed by atoms with Crippen LogP contribution in [0.25, 0.3) is 0 Å². The van der Waals surface area contributed by atoms with E-state index in [-0.39, 0.29) is 31.0 Å². The van der Waals surface area contributed by atoms with E-state index in [9.17, 15) is 14.4 Å². The summed E-state index contributed by atoms with van der Waals surface area (Å²) < 4.78 is 0. The molecule has 2 N–H and O–H groups in total. The van der Waals surface area contributed by atoms with E-state index in [1.165, 1.54) is 11.8 Å². The van der Waals surface area contributed by atoms with E-state index in [0.717, 1.165) is 5.56 Å². The minimum absolute atomic E-state index is 0.0344. The molecule has 0 aromatic heterocycles. The predicted molar refractivity (Wildman–Crippen MR) is 80.5 cm³/mol. The average molecular weight is 290 g/mol. The topological polar surface area (TPSA) is 80.5 Å². The molecule has 0 heterocycles. The third kappa shape index (κ3) is 4.15. The molecule has 0 spiro atoms. The van der Waals surface area contributed by atoms with Gasteiger partial charge in [0.25, 0.3) is 0 Å². The molecule has 2 amide bonds. The molecular formula is C16H22N2O3. The number of nitrogens with two attached hydrogens (primary N) is 1. The Morgan fingerprint density at radius 2 is 1.71 bits per heavy atom. The number of ketones is 1. The van der Waals surface area contributed by atoms with E-state index in [0.29, 0.717) is 0 Å². The highest BCUT2D eigenvalue weighted by Gasteiger charge is 2.39. The summed E-state index contributed by atoms with van der Waals surface area (Å²) in [5, 5.41) is 0. The molecule has 0 aliphatic carbocycles. The Morgan fingerprint density at radius 3 is 2.14 bits per heavy atom. The summed E-state index contributed by atoms with van der Waals surface area (Å²) in [7, 11) is 3.29. The first-order valence-electron chi connectivity index (χ1n) is 6.84. The van der Waals surface area contributed by atoms with Crippen molar-refractivity contribution in [2.45, 2.75) is 31.6 Å². The molecule has 5 heteroatoms. The summed E-state index contributed by atoms with van der Waals surface area (Å²) in [5.74, 6) is -0.766. The Hall–Kier alpha value is -2.17. The smallest absolute Gasteiger partial charge is 0.223 e. The van der Waals surface area contributed by atoms with Crippen molar-refractivity contribution in [3.8, 4) is 0 Å². The average Bonchev–Trinajstić information content (AvgIpc) is 2.43. The van der Waals surface area contributed by atoms with E-state index in [2.05, 4.69) is 0 Å². The van der Waals surface area contributed by atoms with Crippen molar-refractivity contribution in [2.24, 2.45) is 5.73 Å². The van der Waals surface area contributed by atoms with Crippen LogP contribution in [0.1, 0.15) is 31.7 Å². The zero-order valence-corrected chi connectivity index (χ0v) is 12.8. The van der Waals surface area contributed by atoms with Crippen molar-refractivity contribution in [2.75, 3.05) is 14.1 Å². The molecule has 1 rings (SSSR count). The Kier molecular flexibility index (Phi) is 5.64. The number of carbonyl (C=O) groups excluding carboxylic acids is 3. The van der Waals surface area contributed by atoms with Crippen LogP contribution in [-0.2, 0) is 19.8 Å². The largest absolute Gasteiger partial charge is 0.370 e. The summed E-state index contributed by atoms with van der Waals surface area (Å²) in [6.45, 7) is 1.46. The second-order valence-corrected chi connectivity index (χ2v) is 5.44. The summed E-state index contributed by atoms with van der Waals surface area (Å²) in [4.78, 5) is 37.0. The van der Waals surface area contributed by atoms with Gasteiger partial charge in [-0.3, -0.25) is 14.4 Å². The standard InChI is InChI=1S/C16H22N2O3/c1-12(19)16(10-9-14(17)20,11-15(21)18(2)3)13-7-5-4-6-8-13/h4-8H,9-11H2,1-3H3,(H2,17,20). The summed E-state index contributed by atoms with van der Waals surface area (Å²) in [5.41, 5.74) is 4.96. The molecule has 0 radical (unpaired) electrons. The number of hydrogen-bond donors (Lipinski definition) is 1. The Morgan fingerprint density at radius 1 is 1.14 bits per heavy atom. The van der Waals surface area contributed by atoms with Crippen molar-refractivity contribution in [1.29, 1.82) is 0 Å². The van der Waals surface area contributed by atoms with Crippen LogP contribution in [0.5, 0.6) is 0 Å². The quantitative estimate of drug-likeness (QED) is 0.821. The lowest BCUT2D eigenvalue weighted by molar-refractivity contribution is -0.135. The normalized spacial score (nSPS) is 13.3. The van der Waals surface area contributed by atoms with Gasteiger partial charge in [-0.05, 0) is 18.9 Å². The van der Waals surface area contributed by atoms with Gasteiger partial charge in [-0.2, -0.15) is 0 Å². The lowest BCUT2D eigenvalue weighted by atomic mass is 9.71. The maximum absolute atomic E-state index is 12.3. The van der Waals surface area contributed by atoms with Gasteiger partial charge in [-0.25, -0.2) is 0 Å². The number of nitrogens with zero attached hydrogens (tertiary/aromatic N) is 1. The van der Waals surface area contributed by atoms with Crippen LogP contribution in [0.3, 0.4) is 0 Å². The first-order chi connectivity index (χ1) is 9.79. The Labute approximate surface area is 125 Å². The summed E-state index contributed by atoms with van der Waals surface area (Å²) >= 11 is 0. The first-order valence-corrected chi connectivity index (χ1v) is 6.84. The van der Waals surface area contributed by atoms with Crippen LogP contribution in [0.4, 0.5) is 0 Å². The van der Waals surface area contributed by atoms with E-state index < -0.39 is 11.3 Å². The van der Waals surface area contributed by atoms with Gasteiger partial charge < -0.3 is 10.6 Å². The molecular weight excluding hydrogens is 268 g/mol. The van der Waals surface area contributed by atoms with Gasteiger partial charge in [-0.15, -0.1) is 0 Å². The zero-order valence-electron chi connectivity index (χ0n) is 12.8. The lowest BCUT2D eigenvalue weighted by Crippen LogP contribution is -2.40. The molecule has 114 valence electrons. The maximum atomic E-state index is 12.3. The highest BCUT2D eigenvalue weighted by molar-refractivity contribution is 5.94. The van der Waals surface area contributed by atoms with Crippen LogP contribution >= 0.6 is 0 Å². The van der Waals surface area contributed by atoms with Gasteiger partial charge in [0.1, 0.15) is 5.78 Å². The number of benzene rings is 1. The molecule has 1 aromatic carbocycles. The second kappa shape index (κ2) is 7.02. The fourth-order valence-corrected chi connectivity index (χ4v) is 2.35. The van der Waals surface area contributed by atoms with Gasteiger partial charge in [0.05, 0.1) is 5.41 Å². The van der Waals surface area contributed by atoms with Crippen molar-refractivity contribution in [3.05, 3.63) is 35.9 Å². The molecule has 21 heavy (non-hydrogen) atoms. The van der Waals surface area contributed by atoms with Gasteiger partial charge in [0.15, 0.2) is 0 Å². The van der Waals surface area contributed by atoms with Crippen LogP contribution in [-0.4, -0.2) is 36.6 Å². The molecule has 1 aromatic rings. The SMILES string of the molecule is CC(=O)C(CCC(N)=O)(CC(=O)N(C)C)c1ccccc1. The molecule has 0 saturated carbocycles. The molecule has 0 aliphatic rings. The monoisotopic (exact) mass is 290 g/mol. The van der Waals surface area contributed by atoms with Gasteiger partial charge in [0, 0.05) is 26.9 Å². The number of primary amides is 1. The first kappa shape index (κ1) is 16.9. The fourth-order valence-electron chi connectivity index (χ4n) is 2.35. The molecule has 1 atom stereocenters. The van der Waals surface area contributed by atoms with Crippen molar-refractivity contribution >= 4 is 17.6 Å². The molecule has 0 aliphatic heterocycles.